The van der Waals surface area contributed by atoms with Crippen LogP contribution >= 0.6 is 0 Å². The highest BCUT2D eigenvalue weighted by Crippen LogP contribution is 2.01. The van der Waals surface area contributed by atoms with Gasteiger partial charge >= 0.3 is 0 Å². The maximum Gasteiger partial charge on any atom is 0.0777 e. The smallest absolute Gasteiger partial charge is 0.0777 e. The normalized spacial score (nSPS) is 12.8. The van der Waals surface area contributed by atoms with E-state index in [1.165, 1.54) is 0 Å². The van der Waals surface area contributed by atoms with Gasteiger partial charge in [0.15, 0.2) is 0 Å². The molecule has 0 bridgehead atoms. The maximum atomic E-state index is 9.36. The number of hydrogen-bond acceptors (Lipinski definition) is 3. The van der Waals surface area contributed by atoms with Crippen LogP contribution in [-0.2, 0) is 11.2 Å². The van der Waals surface area contributed by atoms with Gasteiger partial charge in [-0.3, -0.25) is 4.98 Å². The Morgan fingerprint density at radius 2 is 2.38 bits per heavy atom. The molecule has 1 atom stereocenters. The fourth-order valence-corrected chi connectivity index (χ4v) is 1.14. The van der Waals surface area contributed by atoms with Crippen LogP contribution in [0.15, 0.2) is 24.4 Å². The Morgan fingerprint density at radius 1 is 1.54 bits per heavy atom. The molecule has 1 rings (SSSR count). The number of ether oxygens (including phenoxy) is 1. The molecular weight excluding hydrogens is 166 g/mol. The molecule has 1 aromatic rings. The zero-order chi connectivity index (χ0) is 9.52. The van der Waals surface area contributed by atoms with Crippen molar-refractivity contribution in [2.45, 2.75) is 18.9 Å². The molecule has 0 radical (unpaired) electrons. The van der Waals surface area contributed by atoms with E-state index in [-0.39, 0.29) is 6.10 Å². The monoisotopic (exact) mass is 181 g/mol. The van der Waals surface area contributed by atoms with Crippen molar-refractivity contribution in [3.8, 4) is 0 Å². The lowest BCUT2D eigenvalue weighted by Crippen LogP contribution is -2.14. The lowest BCUT2D eigenvalue weighted by atomic mass is 10.1. The average molecular weight is 181 g/mol. The summed E-state index contributed by atoms with van der Waals surface area (Å²) < 4.78 is 4.82. The topological polar surface area (TPSA) is 42.4 Å². The highest BCUT2D eigenvalue weighted by atomic mass is 16.5. The number of aromatic nitrogens is 1. The number of rotatable bonds is 5. The third-order valence-electron chi connectivity index (χ3n) is 1.82. The highest BCUT2D eigenvalue weighted by Gasteiger charge is 2.03. The molecule has 0 unspecified atom stereocenters. The summed E-state index contributed by atoms with van der Waals surface area (Å²) >= 11 is 0. The van der Waals surface area contributed by atoms with E-state index in [0.717, 1.165) is 12.1 Å². The molecule has 0 aromatic carbocycles. The number of methoxy groups -OCH3 is 1. The summed E-state index contributed by atoms with van der Waals surface area (Å²) in [6.07, 6.45) is 2.88. The van der Waals surface area contributed by atoms with Gasteiger partial charge in [0.05, 0.1) is 12.7 Å². The van der Waals surface area contributed by atoms with E-state index in [1.807, 2.05) is 18.2 Å². The maximum absolute atomic E-state index is 9.36. The second-order valence-corrected chi connectivity index (χ2v) is 2.97. The summed E-state index contributed by atoms with van der Waals surface area (Å²) in [6.45, 7) is 0.396. The van der Waals surface area contributed by atoms with Gasteiger partial charge in [-0.1, -0.05) is 6.07 Å². The summed E-state index contributed by atoms with van der Waals surface area (Å²) in [5.41, 5.74) is 1.01. The van der Waals surface area contributed by atoms with Crippen molar-refractivity contribution in [1.29, 1.82) is 0 Å². The lowest BCUT2D eigenvalue weighted by molar-refractivity contribution is 0.0594. The molecule has 3 heteroatoms. The number of hydrogen-bond donors (Lipinski definition) is 1. The van der Waals surface area contributed by atoms with E-state index in [2.05, 4.69) is 4.98 Å². The summed E-state index contributed by atoms with van der Waals surface area (Å²) in [4.78, 5) is 4.16. The van der Waals surface area contributed by atoms with Gasteiger partial charge in [0.1, 0.15) is 0 Å². The molecule has 0 aliphatic carbocycles. The average Bonchev–Trinajstić information content (AvgIpc) is 2.17. The largest absolute Gasteiger partial charge is 0.391 e. The Kier molecular flexibility index (Phi) is 4.43. The van der Waals surface area contributed by atoms with Crippen LogP contribution in [0.2, 0.25) is 0 Å². The lowest BCUT2D eigenvalue weighted by Gasteiger charge is -2.07. The predicted octanol–water partition coefficient (Wildman–Crippen LogP) is 1.02. The fourth-order valence-electron chi connectivity index (χ4n) is 1.14. The Bertz CT molecular complexity index is 226. The number of aryl methyl sites for hydroxylation is 1. The first-order chi connectivity index (χ1) is 6.33. The van der Waals surface area contributed by atoms with Crippen molar-refractivity contribution in [3.05, 3.63) is 30.1 Å². The summed E-state index contributed by atoms with van der Waals surface area (Å²) in [5.74, 6) is 0. The fraction of sp³-hybridized carbons (Fsp3) is 0.500. The molecule has 72 valence electrons. The van der Waals surface area contributed by atoms with E-state index < -0.39 is 0 Å². The Balaban J connectivity index is 2.27. The van der Waals surface area contributed by atoms with E-state index in [1.54, 1.807) is 13.3 Å². The molecule has 0 saturated heterocycles. The summed E-state index contributed by atoms with van der Waals surface area (Å²) in [7, 11) is 1.59. The molecule has 0 spiro atoms. The minimum absolute atomic E-state index is 0.382. The van der Waals surface area contributed by atoms with Gasteiger partial charge in [-0.25, -0.2) is 0 Å². The minimum atomic E-state index is -0.382. The molecular formula is C10H15NO2. The zero-order valence-electron chi connectivity index (χ0n) is 7.81. The molecule has 0 aliphatic heterocycles. The van der Waals surface area contributed by atoms with Crippen LogP contribution in [0.5, 0.6) is 0 Å². The van der Waals surface area contributed by atoms with Crippen molar-refractivity contribution in [2.24, 2.45) is 0 Å². The highest BCUT2D eigenvalue weighted by molar-refractivity contribution is 5.03. The molecule has 0 saturated carbocycles. The van der Waals surface area contributed by atoms with Crippen LogP contribution in [-0.4, -0.2) is 29.9 Å². The van der Waals surface area contributed by atoms with Gasteiger partial charge in [-0.05, 0) is 25.0 Å². The molecule has 0 amide bonds. The van der Waals surface area contributed by atoms with Crippen LogP contribution in [0.4, 0.5) is 0 Å². The number of nitrogens with zero attached hydrogens (tertiary/aromatic N) is 1. The number of aliphatic hydroxyl groups is 1. The molecule has 0 aliphatic rings. The van der Waals surface area contributed by atoms with Crippen molar-refractivity contribution >= 4 is 0 Å². The SMILES string of the molecule is COC[C@@H](O)CCc1ccccn1. The van der Waals surface area contributed by atoms with Crippen molar-refractivity contribution in [3.63, 3.8) is 0 Å². The van der Waals surface area contributed by atoms with E-state index in [9.17, 15) is 5.11 Å². The first-order valence-electron chi connectivity index (χ1n) is 4.40. The zero-order valence-corrected chi connectivity index (χ0v) is 7.81. The standard InChI is InChI=1S/C10H15NO2/c1-13-8-10(12)6-5-9-4-2-3-7-11-9/h2-4,7,10,12H,5-6,8H2,1H3/t10-/m0/s1. The molecule has 1 aromatic heterocycles. The first kappa shape index (κ1) is 10.2. The van der Waals surface area contributed by atoms with Gasteiger partial charge in [-0.2, -0.15) is 0 Å². The third kappa shape index (κ3) is 4.01. The third-order valence-corrected chi connectivity index (χ3v) is 1.82. The van der Waals surface area contributed by atoms with Gasteiger partial charge < -0.3 is 9.84 Å². The van der Waals surface area contributed by atoms with E-state index in [4.69, 9.17) is 4.74 Å². The first-order valence-corrected chi connectivity index (χ1v) is 4.40. The molecule has 0 fully saturated rings. The van der Waals surface area contributed by atoms with Crippen LogP contribution in [0.3, 0.4) is 0 Å². The Hall–Kier alpha value is -0.930. The summed E-state index contributed by atoms with van der Waals surface area (Å²) in [5, 5.41) is 9.36. The van der Waals surface area contributed by atoms with E-state index in [0.29, 0.717) is 13.0 Å². The molecule has 1 heterocycles. The van der Waals surface area contributed by atoms with Crippen LogP contribution < -0.4 is 0 Å². The minimum Gasteiger partial charge on any atom is -0.391 e. The number of pyridine rings is 1. The van der Waals surface area contributed by atoms with Crippen molar-refractivity contribution in [2.75, 3.05) is 13.7 Å². The predicted molar refractivity (Wildman–Crippen MR) is 50.4 cm³/mol. The van der Waals surface area contributed by atoms with Gasteiger partial charge in [0.25, 0.3) is 0 Å². The van der Waals surface area contributed by atoms with Gasteiger partial charge in [0, 0.05) is 19.0 Å². The second kappa shape index (κ2) is 5.67. The molecule has 13 heavy (non-hydrogen) atoms. The van der Waals surface area contributed by atoms with Crippen molar-refractivity contribution < 1.29 is 9.84 Å². The quantitative estimate of drug-likeness (QED) is 0.737. The Labute approximate surface area is 78.4 Å². The van der Waals surface area contributed by atoms with Crippen LogP contribution in [0.1, 0.15) is 12.1 Å². The Morgan fingerprint density at radius 3 is 3.00 bits per heavy atom. The molecule has 3 nitrogen and oxygen atoms in total. The molecule has 1 N–H and O–H groups in total. The summed E-state index contributed by atoms with van der Waals surface area (Å²) in [6, 6.07) is 5.79. The van der Waals surface area contributed by atoms with E-state index >= 15 is 0 Å². The van der Waals surface area contributed by atoms with Gasteiger partial charge in [0.2, 0.25) is 0 Å². The number of aliphatic hydroxyl groups excluding tert-OH is 1. The van der Waals surface area contributed by atoms with Gasteiger partial charge in [-0.15, -0.1) is 0 Å². The van der Waals surface area contributed by atoms with Crippen molar-refractivity contribution in [1.82, 2.24) is 4.98 Å². The second-order valence-electron chi connectivity index (χ2n) is 2.97. The van der Waals surface area contributed by atoms with Crippen LogP contribution in [0.25, 0.3) is 0 Å². The van der Waals surface area contributed by atoms with Crippen LogP contribution in [0, 0.1) is 0 Å².